The number of likely N-dealkylation sites (tertiary alicyclic amines) is 1. The molecule has 31 heavy (non-hydrogen) atoms. The Labute approximate surface area is 182 Å². The summed E-state index contributed by atoms with van der Waals surface area (Å²) in [6, 6.07) is 3.57. The highest BCUT2D eigenvalue weighted by Crippen LogP contribution is 2.59. The van der Waals surface area contributed by atoms with Crippen LogP contribution in [-0.4, -0.2) is 60.1 Å². The maximum absolute atomic E-state index is 12.8. The Kier molecular flexibility index (Phi) is 5.56. The fourth-order valence-electron chi connectivity index (χ4n) is 4.53. The van der Waals surface area contributed by atoms with Gasteiger partial charge in [0.2, 0.25) is 0 Å². The number of furan rings is 1. The third-order valence-corrected chi connectivity index (χ3v) is 7.02. The molecule has 1 unspecified atom stereocenters. The number of piperidine rings is 1. The van der Waals surface area contributed by atoms with Gasteiger partial charge in [0.25, 0.3) is 11.8 Å². The number of nitrogens with zero attached hydrogens (tertiary/aromatic N) is 4. The number of allylic oxidation sites excluding steroid dienone is 1. The highest BCUT2D eigenvalue weighted by molar-refractivity contribution is 5.96. The number of hydrogen-bond acceptors (Lipinski definition) is 6. The second kappa shape index (κ2) is 8.17. The summed E-state index contributed by atoms with van der Waals surface area (Å²) in [6.07, 6.45) is 6.32. The molecule has 2 aromatic rings. The lowest BCUT2D eigenvalue weighted by molar-refractivity contribution is -0.128. The molecule has 1 saturated heterocycles. The van der Waals surface area contributed by atoms with Crippen molar-refractivity contribution in [2.45, 2.75) is 33.1 Å². The monoisotopic (exact) mass is 423 g/mol. The summed E-state index contributed by atoms with van der Waals surface area (Å²) >= 11 is 0. The predicted molar refractivity (Wildman–Crippen MR) is 118 cm³/mol. The smallest absolute Gasteiger partial charge is 0.287 e. The second-order valence-corrected chi connectivity index (χ2v) is 8.67. The number of pyridine rings is 1. The molecule has 2 aliphatic rings. The topological polar surface area (TPSA) is 91.0 Å². The quantitative estimate of drug-likeness (QED) is 0.438. The van der Waals surface area contributed by atoms with E-state index < -0.39 is 0 Å². The first-order chi connectivity index (χ1) is 14.8. The van der Waals surface area contributed by atoms with Crippen LogP contribution in [0.15, 0.2) is 45.3 Å². The molecule has 164 valence electrons. The normalized spacial score (nSPS) is 20.4. The van der Waals surface area contributed by atoms with Crippen LogP contribution in [0.3, 0.4) is 0 Å². The molecule has 1 aliphatic carbocycles. The first-order valence-electron chi connectivity index (χ1n) is 10.6. The number of hydrazone groups is 1. The van der Waals surface area contributed by atoms with E-state index >= 15 is 0 Å². The van der Waals surface area contributed by atoms with Gasteiger partial charge in [0.1, 0.15) is 0 Å². The number of aromatic nitrogens is 1. The third-order valence-electron chi connectivity index (χ3n) is 7.02. The summed E-state index contributed by atoms with van der Waals surface area (Å²) in [6.45, 7) is 9.36. The van der Waals surface area contributed by atoms with E-state index in [1.54, 1.807) is 30.5 Å². The standard InChI is InChI=1S/C23H29N5O3/c1-15(16(2)27(4)24-3)22(30)28-9-6-23(7-10-28)12-18(23)13-26-21(29)19-11-17-5-8-25-14-20(17)31-19/h5,8,11,14,18H,3,6-7,9-10,12-13H2,1-2,4H3,(H,26,29). The number of carbonyl (C=O) groups excluding carboxylic acids is 2. The average molecular weight is 424 g/mol. The first-order valence-corrected chi connectivity index (χ1v) is 10.6. The van der Waals surface area contributed by atoms with Crippen LogP contribution in [-0.2, 0) is 4.79 Å². The zero-order chi connectivity index (χ0) is 22.2. The SMILES string of the molecule is C=NN(C)C(C)=C(C)C(=O)N1CCC2(CC1)CC2CNC(=O)c1cc2ccncc2o1. The fourth-order valence-corrected chi connectivity index (χ4v) is 4.53. The van der Waals surface area contributed by atoms with Gasteiger partial charge in [-0.1, -0.05) is 0 Å². The maximum Gasteiger partial charge on any atom is 0.287 e. The molecule has 2 fully saturated rings. The van der Waals surface area contributed by atoms with Crippen LogP contribution in [0.2, 0.25) is 0 Å². The number of carbonyl (C=O) groups is 2. The summed E-state index contributed by atoms with van der Waals surface area (Å²) in [5.74, 6) is 0.638. The Morgan fingerprint density at radius 1 is 1.39 bits per heavy atom. The Hall–Kier alpha value is -3.16. The molecule has 1 aliphatic heterocycles. The van der Waals surface area contributed by atoms with Crippen LogP contribution < -0.4 is 5.32 Å². The van der Waals surface area contributed by atoms with Gasteiger partial charge in [-0.25, -0.2) is 0 Å². The van der Waals surface area contributed by atoms with Gasteiger partial charge in [-0.2, -0.15) is 5.10 Å². The summed E-state index contributed by atoms with van der Waals surface area (Å²) in [7, 11) is 1.79. The van der Waals surface area contributed by atoms with Gasteiger partial charge in [-0.05, 0) is 56.6 Å². The van der Waals surface area contributed by atoms with E-state index in [2.05, 4.69) is 22.1 Å². The number of amides is 2. The number of fused-ring (bicyclic) bond motifs is 1. The summed E-state index contributed by atoms with van der Waals surface area (Å²) in [4.78, 5) is 31.2. The van der Waals surface area contributed by atoms with Crippen LogP contribution in [0.25, 0.3) is 11.0 Å². The molecule has 0 bridgehead atoms. The average Bonchev–Trinajstić information content (AvgIpc) is 3.27. The van der Waals surface area contributed by atoms with Gasteiger partial charge in [-0.15, -0.1) is 0 Å². The van der Waals surface area contributed by atoms with Crippen molar-refractivity contribution in [3.05, 3.63) is 41.6 Å². The second-order valence-electron chi connectivity index (χ2n) is 8.67. The molecule has 4 rings (SSSR count). The van der Waals surface area contributed by atoms with Crippen molar-refractivity contribution < 1.29 is 14.0 Å². The molecule has 1 spiro atoms. The zero-order valence-corrected chi connectivity index (χ0v) is 18.4. The van der Waals surface area contributed by atoms with E-state index in [9.17, 15) is 9.59 Å². The highest BCUT2D eigenvalue weighted by Gasteiger charge is 2.54. The van der Waals surface area contributed by atoms with Crippen LogP contribution >= 0.6 is 0 Å². The minimum Gasteiger partial charge on any atom is -0.449 e. The minimum atomic E-state index is -0.193. The van der Waals surface area contributed by atoms with E-state index in [0.29, 0.717) is 29.4 Å². The Balaban J connectivity index is 1.28. The van der Waals surface area contributed by atoms with Crippen molar-refractivity contribution in [3.8, 4) is 0 Å². The molecule has 2 aromatic heterocycles. The zero-order valence-electron chi connectivity index (χ0n) is 18.4. The van der Waals surface area contributed by atoms with Crippen molar-refractivity contribution in [3.63, 3.8) is 0 Å². The van der Waals surface area contributed by atoms with Gasteiger partial charge < -0.3 is 14.6 Å². The van der Waals surface area contributed by atoms with Crippen LogP contribution in [0, 0.1) is 11.3 Å². The van der Waals surface area contributed by atoms with Gasteiger partial charge in [0.05, 0.1) is 6.20 Å². The lowest BCUT2D eigenvalue weighted by atomic mass is 9.90. The molecule has 0 aromatic carbocycles. The van der Waals surface area contributed by atoms with Crippen molar-refractivity contribution >= 4 is 29.5 Å². The lowest BCUT2D eigenvalue weighted by Crippen LogP contribution is -2.41. The summed E-state index contributed by atoms with van der Waals surface area (Å²) < 4.78 is 5.59. The number of rotatable bonds is 6. The third kappa shape index (κ3) is 4.06. The van der Waals surface area contributed by atoms with E-state index in [4.69, 9.17) is 4.42 Å². The van der Waals surface area contributed by atoms with Gasteiger partial charge in [-0.3, -0.25) is 19.6 Å². The van der Waals surface area contributed by atoms with Gasteiger partial charge >= 0.3 is 0 Å². The molecule has 0 radical (unpaired) electrons. The van der Waals surface area contributed by atoms with E-state index in [-0.39, 0.29) is 17.2 Å². The molecule has 8 heteroatoms. The minimum absolute atomic E-state index is 0.0627. The van der Waals surface area contributed by atoms with Crippen molar-refractivity contribution in [2.24, 2.45) is 16.4 Å². The first kappa shape index (κ1) is 21.1. The largest absolute Gasteiger partial charge is 0.449 e. The molecule has 1 N–H and O–H groups in total. The van der Waals surface area contributed by atoms with Crippen molar-refractivity contribution in [1.82, 2.24) is 20.2 Å². The molecule has 8 nitrogen and oxygen atoms in total. The predicted octanol–water partition coefficient (Wildman–Crippen LogP) is 3.03. The fraction of sp³-hybridized carbons (Fsp3) is 0.478. The van der Waals surface area contributed by atoms with E-state index in [1.807, 2.05) is 24.8 Å². The van der Waals surface area contributed by atoms with Crippen LogP contribution in [0.4, 0.5) is 0 Å². The highest BCUT2D eigenvalue weighted by atomic mass is 16.3. The molecular formula is C23H29N5O3. The number of hydrogen-bond donors (Lipinski definition) is 1. The molecule has 1 saturated carbocycles. The summed E-state index contributed by atoms with van der Waals surface area (Å²) in [5, 5.41) is 9.37. The van der Waals surface area contributed by atoms with E-state index in [1.165, 1.54) is 0 Å². The molecule has 2 amide bonds. The van der Waals surface area contributed by atoms with Crippen LogP contribution in [0.1, 0.15) is 43.7 Å². The lowest BCUT2D eigenvalue weighted by Gasteiger charge is -2.34. The Morgan fingerprint density at radius 2 is 2.13 bits per heavy atom. The van der Waals surface area contributed by atoms with Gasteiger partial charge in [0, 0.05) is 56.3 Å². The van der Waals surface area contributed by atoms with Crippen molar-refractivity contribution in [2.75, 3.05) is 26.7 Å². The van der Waals surface area contributed by atoms with Crippen LogP contribution in [0.5, 0.6) is 0 Å². The Bertz CT molecular complexity index is 1020. The van der Waals surface area contributed by atoms with Crippen molar-refractivity contribution in [1.29, 1.82) is 0 Å². The summed E-state index contributed by atoms with van der Waals surface area (Å²) in [5.41, 5.74) is 2.37. The molecule has 1 atom stereocenters. The Morgan fingerprint density at radius 3 is 2.81 bits per heavy atom. The number of nitrogens with one attached hydrogen (secondary N) is 1. The van der Waals surface area contributed by atoms with E-state index in [0.717, 1.165) is 43.4 Å². The molecule has 3 heterocycles. The molecular weight excluding hydrogens is 394 g/mol. The van der Waals surface area contributed by atoms with Gasteiger partial charge in [0.15, 0.2) is 11.3 Å². The maximum atomic E-state index is 12.8.